The van der Waals surface area contributed by atoms with E-state index >= 15 is 0 Å². The van der Waals surface area contributed by atoms with Crippen molar-refractivity contribution in [1.29, 1.82) is 0 Å². The van der Waals surface area contributed by atoms with E-state index in [1.54, 1.807) is 6.07 Å². The fraction of sp³-hybridized carbons (Fsp3) is 0.760. The van der Waals surface area contributed by atoms with Crippen molar-refractivity contribution in [2.24, 2.45) is 0 Å². The second kappa shape index (κ2) is 10.4. The second-order valence-corrected chi connectivity index (χ2v) is 12.2. The first-order valence-electron chi connectivity index (χ1n) is 12.9. The van der Waals surface area contributed by atoms with Crippen LogP contribution < -0.4 is 9.46 Å². The standard InChI is InChI=1S/C25H39N3O5S/c1-27-15-21(29)14-26-34(30,31)25-8-7-19(18-9-11-32-12-10-18)13-23(25)33-24-17-28(16-22(24)27)20-5-3-2-4-6-20/h7-8,13,18,20-22,24,26,29H,2-6,9-12,14-17H2,1H3/t21-,22+,24-/m0/s1. The summed E-state index contributed by atoms with van der Waals surface area (Å²) in [4.78, 5) is 4.85. The summed E-state index contributed by atoms with van der Waals surface area (Å²) in [6.07, 6.45) is 7.21. The number of nitrogens with one attached hydrogen (secondary N) is 1. The lowest BCUT2D eigenvalue weighted by molar-refractivity contribution is 0.0709. The molecule has 0 spiro atoms. The summed E-state index contributed by atoms with van der Waals surface area (Å²) in [5.41, 5.74) is 1.11. The molecule has 0 unspecified atom stereocenters. The average Bonchev–Trinajstić information content (AvgIpc) is 3.27. The summed E-state index contributed by atoms with van der Waals surface area (Å²) in [5.74, 6) is 0.779. The number of nitrogens with zero attached hydrogens (tertiary/aromatic N) is 2. The number of sulfonamides is 1. The maximum Gasteiger partial charge on any atom is 0.244 e. The van der Waals surface area contributed by atoms with Gasteiger partial charge in [0.25, 0.3) is 0 Å². The Bertz CT molecular complexity index is 946. The van der Waals surface area contributed by atoms with E-state index in [1.807, 2.05) is 19.2 Å². The molecule has 8 nitrogen and oxygen atoms in total. The van der Waals surface area contributed by atoms with E-state index < -0.39 is 16.1 Å². The fourth-order valence-corrected chi connectivity index (χ4v) is 7.36. The number of benzene rings is 1. The molecule has 1 aromatic carbocycles. The second-order valence-electron chi connectivity index (χ2n) is 10.5. The van der Waals surface area contributed by atoms with E-state index in [0.717, 1.165) is 44.7 Å². The Morgan fingerprint density at radius 2 is 1.79 bits per heavy atom. The van der Waals surface area contributed by atoms with Gasteiger partial charge in [-0.2, -0.15) is 0 Å². The molecular formula is C25H39N3O5S. The summed E-state index contributed by atoms with van der Waals surface area (Å²) in [5, 5.41) is 10.6. The van der Waals surface area contributed by atoms with Crippen molar-refractivity contribution in [3.05, 3.63) is 23.8 Å². The van der Waals surface area contributed by atoms with Crippen LogP contribution in [0.15, 0.2) is 23.1 Å². The zero-order valence-corrected chi connectivity index (χ0v) is 21.0. The highest BCUT2D eigenvalue weighted by Gasteiger charge is 2.41. The normalized spacial score (nSPS) is 32.4. The molecule has 190 valence electrons. The first kappa shape index (κ1) is 24.5. The molecule has 0 aromatic heterocycles. The number of aliphatic hydroxyl groups excluding tert-OH is 1. The van der Waals surface area contributed by atoms with Gasteiger partial charge in [-0.15, -0.1) is 0 Å². The summed E-state index contributed by atoms with van der Waals surface area (Å²) < 4.78 is 41.1. The highest BCUT2D eigenvalue weighted by atomic mass is 32.2. The Morgan fingerprint density at radius 1 is 1.03 bits per heavy atom. The van der Waals surface area contributed by atoms with Gasteiger partial charge in [0.15, 0.2) is 0 Å². The van der Waals surface area contributed by atoms with Crippen LogP contribution >= 0.6 is 0 Å². The predicted octanol–water partition coefficient (Wildman–Crippen LogP) is 1.93. The van der Waals surface area contributed by atoms with Crippen LogP contribution in [-0.4, -0.2) is 94.1 Å². The number of ether oxygens (including phenoxy) is 2. The number of hydrogen-bond donors (Lipinski definition) is 2. The Hall–Kier alpha value is -1.23. The molecule has 9 heteroatoms. The number of hydrogen-bond acceptors (Lipinski definition) is 7. The number of aliphatic hydroxyl groups is 1. The lowest BCUT2D eigenvalue weighted by Gasteiger charge is -2.32. The maximum atomic E-state index is 13.2. The molecule has 3 heterocycles. The van der Waals surface area contributed by atoms with Gasteiger partial charge in [-0.05, 0) is 56.3 Å². The van der Waals surface area contributed by atoms with Crippen LogP contribution in [0, 0.1) is 0 Å². The molecule has 3 aliphatic heterocycles. The minimum Gasteiger partial charge on any atom is -0.486 e. The Labute approximate surface area is 203 Å². The van der Waals surface area contributed by atoms with E-state index in [0.29, 0.717) is 24.3 Å². The SMILES string of the molecule is CN1C[C@@H](O)CNS(=O)(=O)c2ccc(C3CCOCC3)cc2O[C@H]2CN(C3CCCCC3)C[C@H]21. The van der Waals surface area contributed by atoms with Crippen LogP contribution in [0.2, 0.25) is 0 Å². The number of β-amino-alcohol motifs (C(OH)–C–C–N with tert-alkyl or cyclic N) is 1. The van der Waals surface area contributed by atoms with Gasteiger partial charge < -0.3 is 14.6 Å². The van der Waals surface area contributed by atoms with Crippen LogP contribution in [0.3, 0.4) is 0 Å². The Kier molecular flexibility index (Phi) is 7.49. The molecule has 1 aromatic rings. The van der Waals surface area contributed by atoms with Crippen LogP contribution in [0.5, 0.6) is 5.75 Å². The summed E-state index contributed by atoms with van der Waals surface area (Å²) in [7, 11) is -1.80. The molecule has 34 heavy (non-hydrogen) atoms. The quantitative estimate of drug-likeness (QED) is 0.651. The van der Waals surface area contributed by atoms with Crippen molar-refractivity contribution in [2.75, 3.05) is 46.4 Å². The molecule has 5 rings (SSSR count). The van der Waals surface area contributed by atoms with Crippen molar-refractivity contribution < 1.29 is 23.0 Å². The third-order valence-electron chi connectivity index (χ3n) is 8.16. The van der Waals surface area contributed by atoms with Crippen molar-refractivity contribution in [2.45, 2.75) is 80.1 Å². The lowest BCUT2D eigenvalue weighted by atomic mass is 9.92. The smallest absolute Gasteiger partial charge is 0.244 e. The number of likely N-dealkylation sites (N-methyl/N-ethyl adjacent to an activating group) is 1. The van der Waals surface area contributed by atoms with Crippen LogP contribution in [0.4, 0.5) is 0 Å². The molecule has 1 aliphatic carbocycles. The van der Waals surface area contributed by atoms with E-state index in [4.69, 9.17) is 9.47 Å². The fourth-order valence-electron chi connectivity index (χ4n) is 6.17. The predicted molar refractivity (Wildman–Crippen MR) is 130 cm³/mol. The van der Waals surface area contributed by atoms with Gasteiger partial charge in [-0.1, -0.05) is 25.3 Å². The van der Waals surface area contributed by atoms with Gasteiger partial charge in [0.2, 0.25) is 10.0 Å². The highest BCUT2D eigenvalue weighted by molar-refractivity contribution is 7.89. The lowest BCUT2D eigenvalue weighted by Crippen LogP contribution is -2.47. The third-order valence-corrected chi connectivity index (χ3v) is 9.62. The Balaban J connectivity index is 1.48. The van der Waals surface area contributed by atoms with Crippen LogP contribution in [0.1, 0.15) is 56.4 Å². The summed E-state index contributed by atoms with van der Waals surface area (Å²) in [6.45, 7) is 3.50. The molecule has 1 saturated carbocycles. The monoisotopic (exact) mass is 493 g/mol. The van der Waals surface area contributed by atoms with E-state index in [1.165, 1.54) is 32.1 Å². The molecular weight excluding hydrogens is 454 g/mol. The van der Waals surface area contributed by atoms with Gasteiger partial charge in [0.05, 0.1) is 12.1 Å². The first-order chi connectivity index (χ1) is 16.4. The van der Waals surface area contributed by atoms with Crippen molar-refractivity contribution in [3.63, 3.8) is 0 Å². The topological polar surface area (TPSA) is 91.3 Å². The van der Waals surface area contributed by atoms with E-state index in [9.17, 15) is 13.5 Å². The zero-order valence-electron chi connectivity index (χ0n) is 20.2. The molecule has 3 fully saturated rings. The average molecular weight is 494 g/mol. The molecule has 0 amide bonds. The van der Waals surface area contributed by atoms with Crippen LogP contribution in [-0.2, 0) is 14.8 Å². The number of fused-ring (bicyclic) bond motifs is 2. The minimum atomic E-state index is -3.81. The molecule has 4 aliphatic rings. The highest BCUT2D eigenvalue weighted by Crippen LogP contribution is 2.36. The molecule has 2 saturated heterocycles. The van der Waals surface area contributed by atoms with Crippen LogP contribution in [0.25, 0.3) is 0 Å². The van der Waals surface area contributed by atoms with Gasteiger partial charge in [-0.3, -0.25) is 9.80 Å². The summed E-state index contributed by atoms with van der Waals surface area (Å²) in [6, 6.07) is 6.20. The minimum absolute atomic E-state index is 0.0163. The first-order valence-corrected chi connectivity index (χ1v) is 14.4. The third kappa shape index (κ3) is 5.29. The molecule has 3 atom stereocenters. The number of likely N-dealkylation sites (tertiary alicyclic amines) is 1. The molecule has 2 N–H and O–H groups in total. The van der Waals surface area contributed by atoms with Gasteiger partial charge in [0, 0.05) is 45.4 Å². The summed E-state index contributed by atoms with van der Waals surface area (Å²) >= 11 is 0. The van der Waals surface area contributed by atoms with Crippen molar-refractivity contribution in [1.82, 2.24) is 14.5 Å². The Morgan fingerprint density at radius 3 is 2.56 bits per heavy atom. The zero-order chi connectivity index (χ0) is 23.7. The van der Waals surface area contributed by atoms with Crippen molar-refractivity contribution in [3.8, 4) is 5.75 Å². The van der Waals surface area contributed by atoms with E-state index in [-0.39, 0.29) is 23.6 Å². The van der Waals surface area contributed by atoms with E-state index in [2.05, 4.69) is 14.5 Å². The van der Waals surface area contributed by atoms with Gasteiger partial charge in [-0.25, -0.2) is 13.1 Å². The molecule has 0 radical (unpaired) electrons. The van der Waals surface area contributed by atoms with Gasteiger partial charge >= 0.3 is 0 Å². The largest absolute Gasteiger partial charge is 0.486 e. The van der Waals surface area contributed by atoms with Gasteiger partial charge in [0.1, 0.15) is 16.7 Å². The maximum absolute atomic E-state index is 13.2. The number of rotatable bonds is 2. The van der Waals surface area contributed by atoms with Crippen molar-refractivity contribution >= 4 is 10.0 Å². The molecule has 0 bridgehead atoms.